The van der Waals surface area contributed by atoms with E-state index in [1.165, 1.54) is 12.5 Å². The number of anilines is 2. The second-order valence-electron chi connectivity index (χ2n) is 9.14. The molecule has 0 spiro atoms. The van der Waals surface area contributed by atoms with Gasteiger partial charge in [0, 0.05) is 24.9 Å². The number of rotatable bonds is 11. The summed E-state index contributed by atoms with van der Waals surface area (Å²) in [6, 6.07) is 7.79. The predicted octanol–water partition coefficient (Wildman–Crippen LogP) is 1.66. The minimum atomic E-state index is -1.19. The van der Waals surface area contributed by atoms with Crippen LogP contribution in [0, 0.1) is 0 Å². The highest BCUT2D eigenvalue weighted by atomic mass is 16.6. The molecule has 0 aliphatic rings. The molecule has 3 rings (SSSR count). The molecule has 0 radical (unpaired) electrons. The van der Waals surface area contributed by atoms with E-state index in [0.717, 1.165) is 5.56 Å². The van der Waals surface area contributed by atoms with Crippen LogP contribution in [0.2, 0.25) is 0 Å². The fraction of sp³-hybridized carbons (Fsp3) is 0.375. The molecule has 0 unspecified atom stereocenters. The molecule has 2 aromatic carbocycles. The maximum absolute atomic E-state index is 12.4. The molecule has 11 nitrogen and oxygen atoms in total. The van der Waals surface area contributed by atoms with Gasteiger partial charge in [-0.05, 0) is 32.8 Å². The van der Waals surface area contributed by atoms with E-state index in [2.05, 4.69) is 25.9 Å². The fourth-order valence-electron chi connectivity index (χ4n) is 3.46. The van der Waals surface area contributed by atoms with Crippen molar-refractivity contribution in [2.75, 3.05) is 17.2 Å². The van der Waals surface area contributed by atoms with Crippen LogP contribution in [0.3, 0.4) is 0 Å². The van der Waals surface area contributed by atoms with Crippen molar-refractivity contribution >= 4 is 23.4 Å². The number of carboxylic acid groups (broad SMARTS) is 1. The van der Waals surface area contributed by atoms with E-state index in [1.54, 1.807) is 20.8 Å². The summed E-state index contributed by atoms with van der Waals surface area (Å²) in [5.74, 6) is -1.19. The van der Waals surface area contributed by atoms with E-state index < -0.39 is 40.6 Å². The van der Waals surface area contributed by atoms with Crippen molar-refractivity contribution in [1.82, 2.24) is 15.3 Å². The smallest absolute Gasteiger partial charge is 0.407 e. The molecule has 2 atom stereocenters. The third kappa shape index (κ3) is 7.16. The maximum Gasteiger partial charge on any atom is 0.407 e. The van der Waals surface area contributed by atoms with Crippen molar-refractivity contribution in [2.45, 2.75) is 51.3 Å². The minimum absolute atomic E-state index is 0.0186. The zero-order chi connectivity index (χ0) is 25.6. The van der Waals surface area contributed by atoms with Crippen LogP contribution in [0.5, 0.6) is 0 Å². The first-order valence-electron chi connectivity index (χ1n) is 11.1. The Labute approximate surface area is 201 Å². The Morgan fingerprint density at radius 1 is 1.09 bits per heavy atom. The molecule has 0 aliphatic heterocycles. The lowest BCUT2D eigenvalue weighted by Gasteiger charge is -2.25. The van der Waals surface area contributed by atoms with Crippen molar-refractivity contribution < 1.29 is 19.4 Å². The number of nitrogens with one attached hydrogen (secondary N) is 4. The first-order valence-corrected chi connectivity index (χ1v) is 11.1. The molecule has 0 saturated carbocycles. The first kappa shape index (κ1) is 25.5. The van der Waals surface area contributed by atoms with Crippen molar-refractivity contribution in [2.24, 2.45) is 0 Å². The van der Waals surface area contributed by atoms with Gasteiger partial charge in [0.25, 0.3) is 10.9 Å². The summed E-state index contributed by atoms with van der Waals surface area (Å²) in [6.45, 7) is 5.35. The highest BCUT2D eigenvalue weighted by Gasteiger charge is 2.28. The number of benzene rings is 1. The number of aromatic amines is 1. The van der Waals surface area contributed by atoms with E-state index in [-0.39, 0.29) is 24.3 Å². The van der Waals surface area contributed by atoms with Gasteiger partial charge in [-0.2, -0.15) is 0 Å². The molecule has 3 aromatic rings. The molecule has 186 valence electrons. The van der Waals surface area contributed by atoms with E-state index >= 15 is 0 Å². The molecule has 5 N–H and O–H groups in total. The van der Waals surface area contributed by atoms with Crippen LogP contribution in [0.1, 0.15) is 32.0 Å². The Kier molecular flexibility index (Phi) is 7.90. The molecule has 0 saturated heterocycles. The van der Waals surface area contributed by atoms with Crippen LogP contribution in [0.25, 0.3) is 0 Å². The van der Waals surface area contributed by atoms with Gasteiger partial charge >= 0.3 is 12.1 Å². The number of ether oxygens (including phenoxy) is 1. The largest absolute Gasteiger partial charge is 0.480 e. The number of aliphatic carboxylic acids is 1. The number of nitrogens with zero attached hydrogens (tertiary/aromatic N) is 1. The molecule has 0 aliphatic carbocycles. The number of H-pyrrole nitrogens is 1. The quantitative estimate of drug-likeness (QED) is 0.255. The number of carbonyl (C=O) groups excluding carboxylic acids is 1. The number of imidazole rings is 1. The summed E-state index contributed by atoms with van der Waals surface area (Å²) in [6.07, 6.45) is 2.75. The monoisotopic (exact) mass is 483 g/mol. The standard InChI is InChI=1S/C24H29N5O6/c1-24(2,3)35-23(34)28-16(9-14-7-5-4-6-8-14)12-26-18-19(21(31)20(18)30)29-17(22(32)33)10-15-11-25-13-27-15/h4-8,11,13,16-17,26,29H,9-10,12H2,1-3H3,(H,25,27)(H,28,34)(H,32,33)/t16-,17-/m0/s1. The summed E-state index contributed by atoms with van der Waals surface area (Å²) >= 11 is 0. The molecule has 11 heteroatoms. The molecular formula is C24H29N5O6. The highest BCUT2D eigenvalue weighted by molar-refractivity contribution is 5.82. The van der Waals surface area contributed by atoms with Crippen LogP contribution in [0.4, 0.5) is 16.2 Å². The summed E-state index contributed by atoms with van der Waals surface area (Å²) < 4.78 is 5.34. The van der Waals surface area contributed by atoms with Gasteiger partial charge in [0.15, 0.2) is 0 Å². The lowest BCUT2D eigenvalue weighted by molar-refractivity contribution is -0.137. The lowest BCUT2D eigenvalue weighted by Crippen LogP contribution is -2.46. The van der Waals surface area contributed by atoms with Crippen molar-refractivity contribution in [3.63, 3.8) is 0 Å². The maximum atomic E-state index is 12.4. The topological polar surface area (TPSA) is 163 Å². The Hall–Kier alpha value is -4.15. The van der Waals surface area contributed by atoms with E-state index in [0.29, 0.717) is 12.1 Å². The number of carboxylic acids is 1. The van der Waals surface area contributed by atoms with Crippen molar-refractivity contribution in [3.05, 3.63) is 74.6 Å². The van der Waals surface area contributed by atoms with Crippen LogP contribution >= 0.6 is 0 Å². The van der Waals surface area contributed by atoms with Gasteiger partial charge in [-0.3, -0.25) is 9.59 Å². The Morgan fingerprint density at radius 3 is 2.37 bits per heavy atom. The lowest BCUT2D eigenvalue weighted by atomic mass is 10.1. The predicted molar refractivity (Wildman–Crippen MR) is 130 cm³/mol. The number of amides is 1. The zero-order valence-corrected chi connectivity index (χ0v) is 19.8. The van der Waals surface area contributed by atoms with Crippen LogP contribution < -0.4 is 26.8 Å². The van der Waals surface area contributed by atoms with Gasteiger partial charge in [0.05, 0.1) is 12.4 Å². The summed E-state index contributed by atoms with van der Waals surface area (Å²) in [5, 5.41) is 17.9. The number of aromatic nitrogens is 2. The Bertz CT molecular complexity index is 1210. The second-order valence-corrected chi connectivity index (χ2v) is 9.14. The third-order valence-electron chi connectivity index (χ3n) is 5.08. The zero-order valence-electron chi connectivity index (χ0n) is 19.8. The molecule has 1 heterocycles. The van der Waals surface area contributed by atoms with Crippen LogP contribution in [-0.2, 0) is 22.4 Å². The number of alkyl carbamates (subject to hydrolysis) is 1. The SMILES string of the molecule is CC(C)(C)OC(=O)N[C@H](CNc1c(N[C@@H](Cc2cnc[nH]2)C(=O)O)c(=O)c1=O)Cc1ccccc1. The highest BCUT2D eigenvalue weighted by Crippen LogP contribution is 2.18. The number of carbonyl (C=O) groups is 2. The van der Waals surface area contributed by atoms with Gasteiger partial charge in [-0.1, -0.05) is 30.3 Å². The minimum Gasteiger partial charge on any atom is -0.480 e. The normalized spacial score (nSPS) is 13.1. The van der Waals surface area contributed by atoms with Gasteiger partial charge in [-0.15, -0.1) is 0 Å². The third-order valence-corrected chi connectivity index (χ3v) is 5.08. The van der Waals surface area contributed by atoms with Crippen molar-refractivity contribution in [3.8, 4) is 0 Å². The number of hydrogen-bond donors (Lipinski definition) is 5. The molecule has 0 bridgehead atoms. The summed E-state index contributed by atoms with van der Waals surface area (Å²) in [5.41, 5.74) is -0.859. The van der Waals surface area contributed by atoms with E-state index in [9.17, 15) is 24.3 Å². The van der Waals surface area contributed by atoms with Gasteiger partial charge < -0.3 is 30.8 Å². The van der Waals surface area contributed by atoms with Gasteiger partial charge in [-0.25, -0.2) is 14.6 Å². The van der Waals surface area contributed by atoms with Crippen LogP contribution in [-0.4, -0.2) is 51.4 Å². The van der Waals surface area contributed by atoms with Gasteiger partial charge in [0.1, 0.15) is 23.0 Å². The van der Waals surface area contributed by atoms with Crippen molar-refractivity contribution in [1.29, 1.82) is 0 Å². The summed E-state index contributed by atoms with van der Waals surface area (Å²) in [4.78, 5) is 55.2. The first-order chi connectivity index (χ1) is 16.5. The average molecular weight is 484 g/mol. The Morgan fingerprint density at radius 2 is 1.77 bits per heavy atom. The molecule has 0 fully saturated rings. The average Bonchev–Trinajstić information content (AvgIpc) is 3.29. The molecule has 1 aromatic heterocycles. The van der Waals surface area contributed by atoms with Gasteiger partial charge in [0.2, 0.25) is 0 Å². The fourth-order valence-corrected chi connectivity index (χ4v) is 3.46. The second kappa shape index (κ2) is 10.9. The molecular weight excluding hydrogens is 454 g/mol. The van der Waals surface area contributed by atoms with E-state index in [1.807, 2.05) is 30.3 Å². The van der Waals surface area contributed by atoms with Crippen LogP contribution in [0.15, 0.2) is 52.4 Å². The molecule has 1 amide bonds. The summed E-state index contributed by atoms with van der Waals surface area (Å²) in [7, 11) is 0. The number of hydrogen-bond acceptors (Lipinski definition) is 8. The Balaban J connectivity index is 1.72. The molecule has 35 heavy (non-hydrogen) atoms. The van der Waals surface area contributed by atoms with E-state index in [4.69, 9.17) is 4.74 Å².